The van der Waals surface area contributed by atoms with Crippen LogP contribution in [0.1, 0.15) is 56.7 Å². The molecule has 1 atom stereocenters. The molecule has 0 N–H and O–H groups in total. The molecule has 0 bridgehead atoms. The third-order valence-corrected chi connectivity index (χ3v) is 12.5. The molecule has 6 aromatic rings. The van der Waals surface area contributed by atoms with Crippen LogP contribution >= 0.6 is 0 Å². The average Bonchev–Trinajstić information content (AvgIpc) is 3.99. The van der Waals surface area contributed by atoms with E-state index in [0.717, 1.165) is 66.7 Å². The van der Waals surface area contributed by atoms with E-state index in [9.17, 15) is 13.2 Å². The number of nitrogens with zero attached hydrogens (tertiary/aromatic N) is 7. The predicted octanol–water partition coefficient (Wildman–Crippen LogP) is 6.69. The Morgan fingerprint density at radius 3 is 2.26 bits per heavy atom. The summed E-state index contributed by atoms with van der Waals surface area (Å²) in [6.45, 7) is 0.739. The fourth-order valence-electron chi connectivity index (χ4n) is 8.35. The number of likely N-dealkylation sites (N-methyl/N-ethyl adjacent to an activating group) is 1. The molecule has 3 aliphatic rings. The lowest BCUT2D eigenvalue weighted by Gasteiger charge is -2.22. The summed E-state index contributed by atoms with van der Waals surface area (Å²) in [5.74, 6) is 0.0427. The molecule has 1 spiro atoms. The molecule has 4 aromatic heterocycles. The van der Waals surface area contributed by atoms with Crippen molar-refractivity contribution in [2.75, 3.05) is 18.6 Å². The van der Waals surface area contributed by atoms with Gasteiger partial charge in [0.05, 0.1) is 40.3 Å². The zero-order chi connectivity index (χ0) is 34.2. The summed E-state index contributed by atoms with van der Waals surface area (Å²) in [5.41, 5.74) is 5.71. The number of carbonyl (C=O) groups excluding carboxylic acids is 1. The van der Waals surface area contributed by atoms with E-state index in [1.807, 2.05) is 54.6 Å². The number of rotatable bonds is 6. The number of benzene rings is 2. The number of hydrogen-bond donors (Lipinski definition) is 0. The van der Waals surface area contributed by atoms with Crippen molar-refractivity contribution in [3.63, 3.8) is 0 Å². The second-order valence-electron chi connectivity index (χ2n) is 13.7. The summed E-state index contributed by atoms with van der Waals surface area (Å²) in [6.07, 6.45) is 15.4. The van der Waals surface area contributed by atoms with Gasteiger partial charge in [0.2, 0.25) is 5.91 Å². The lowest BCUT2D eigenvalue weighted by atomic mass is 9.78. The minimum absolute atomic E-state index is 0.0427. The van der Waals surface area contributed by atoms with E-state index >= 15 is 0 Å². The fraction of sp³-hybridized carbons (Fsp3) is 0.316. The summed E-state index contributed by atoms with van der Waals surface area (Å²) >= 11 is 0. The highest BCUT2D eigenvalue weighted by atomic mass is 32.2. The zero-order valence-corrected chi connectivity index (χ0v) is 28.8. The monoisotopic (exact) mass is 687 g/mol. The van der Waals surface area contributed by atoms with E-state index in [4.69, 9.17) is 9.72 Å². The first kappa shape index (κ1) is 30.9. The maximum Gasteiger partial charge on any atom is 0.269 e. The number of fused-ring (bicyclic) bond motifs is 4. The summed E-state index contributed by atoms with van der Waals surface area (Å²) < 4.78 is 40.5. The molecule has 1 unspecified atom stereocenters. The first-order valence-electron chi connectivity index (χ1n) is 17.2. The molecule has 1 amide bonds. The predicted molar refractivity (Wildman–Crippen MR) is 190 cm³/mol. The van der Waals surface area contributed by atoms with Crippen molar-refractivity contribution in [3.8, 4) is 33.5 Å². The molecule has 1 saturated heterocycles. The molecule has 2 aliphatic heterocycles. The molecule has 0 radical (unpaired) electrons. The average molecular weight is 688 g/mol. The van der Waals surface area contributed by atoms with Gasteiger partial charge in [0.15, 0.2) is 5.65 Å². The Bertz CT molecular complexity index is 2380. The zero-order valence-electron chi connectivity index (χ0n) is 28.0. The number of hydrogen-bond acceptors (Lipinski definition) is 7. The van der Waals surface area contributed by atoms with Crippen molar-refractivity contribution in [3.05, 3.63) is 91.1 Å². The third-order valence-electron chi connectivity index (χ3n) is 10.8. The third kappa shape index (κ3) is 4.54. The Kier molecular flexibility index (Phi) is 7.11. The van der Waals surface area contributed by atoms with Crippen LogP contribution < -0.4 is 4.90 Å². The second-order valence-corrected chi connectivity index (χ2v) is 15.5. The Labute approximate surface area is 290 Å². The topological polar surface area (TPSA) is 117 Å². The molecule has 254 valence electrons. The minimum Gasteiger partial charge on any atom is -0.357 e. The summed E-state index contributed by atoms with van der Waals surface area (Å²) in [4.78, 5) is 20.9. The highest BCUT2D eigenvalue weighted by Crippen LogP contribution is 2.56. The van der Waals surface area contributed by atoms with Crippen molar-refractivity contribution in [1.82, 2.24) is 28.5 Å². The van der Waals surface area contributed by atoms with Gasteiger partial charge in [-0.2, -0.15) is 10.2 Å². The normalized spacial score (nSPS) is 18.8. The van der Waals surface area contributed by atoms with Gasteiger partial charge in [0.25, 0.3) is 10.0 Å². The number of pyridine rings is 1. The molecule has 2 aromatic carbocycles. The molecule has 2 fully saturated rings. The maximum absolute atomic E-state index is 14.8. The van der Waals surface area contributed by atoms with E-state index in [1.54, 1.807) is 59.4 Å². The van der Waals surface area contributed by atoms with E-state index in [2.05, 4.69) is 10.2 Å². The second kappa shape index (κ2) is 11.5. The van der Waals surface area contributed by atoms with Crippen molar-refractivity contribution in [1.29, 1.82) is 0 Å². The van der Waals surface area contributed by atoms with Crippen LogP contribution in [0.5, 0.6) is 0 Å². The highest BCUT2D eigenvalue weighted by molar-refractivity contribution is 7.90. The van der Waals surface area contributed by atoms with Crippen molar-refractivity contribution in [2.45, 2.75) is 61.5 Å². The summed E-state index contributed by atoms with van der Waals surface area (Å²) in [6, 6.07) is 16.6. The van der Waals surface area contributed by atoms with Crippen LogP contribution in [-0.4, -0.2) is 56.5 Å². The summed E-state index contributed by atoms with van der Waals surface area (Å²) in [5, 5.41) is 9.77. The van der Waals surface area contributed by atoms with Crippen LogP contribution in [0.2, 0.25) is 0 Å². The van der Waals surface area contributed by atoms with Crippen LogP contribution in [-0.2, 0) is 32.0 Å². The molecule has 11 nitrogen and oxygen atoms in total. The van der Waals surface area contributed by atoms with E-state index < -0.39 is 15.4 Å². The Morgan fingerprint density at radius 2 is 1.56 bits per heavy atom. The number of carbonyl (C=O) groups is 1. The number of aryl methyl sites for hydroxylation is 1. The molecule has 9 rings (SSSR count). The molecule has 1 saturated carbocycles. The minimum atomic E-state index is -4.17. The Balaban J connectivity index is 1.32. The number of aromatic nitrogens is 6. The van der Waals surface area contributed by atoms with E-state index in [-0.39, 0.29) is 17.0 Å². The van der Waals surface area contributed by atoms with Gasteiger partial charge in [-0.05, 0) is 55.4 Å². The SMILES string of the molecule is CN1C(=O)C2(CCCC2)c2c1cnc1c2c(-c2ccc(-c3cnn(C4CCCCO4)c3)cc2)c(-c2cnn(C)c2)n1S(=O)(=O)c1ccccc1. The fourth-order valence-corrected chi connectivity index (χ4v) is 9.87. The molecule has 1 aliphatic carbocycles. The van der Waals surface area contributed by atoms with Crippen molar-refractivity contribution >= 4 is 32.7 Å². The van der Waals surface area contributed by atoms with Crippen molar-refractivity contribution in [2.24, 2.45) is 7.05 Å². The summed E-state index contributed by atoms with van der Waals surface area (Å²) in [7, 11) is -0.553. The van der Waals surface area contributed by atoms with Crippen LogP contribution in [0.15, 0.2) is 90.5 Å². The Hall–Kier alpha value is -5.07. The first-order chi connectivity index (χ1) is 24.3. The van der Waals surface area contributed by atoms with Gasteiger partial charge in [-0.15, -0.1) is 0 Å². The molecular weight excluding hydrogens is 651 g/mol. The van der Waals surface area contributed by atoms with Gasteiger partial charge < -0.3 is 9.64 Å². The van der Waals surface area contributed by atoms with Gasteiger partial charge in [0.1, 0.15) is 6.23 Å². The molecular formula is C38H37N7O4S. The van der Waals surface area contributed by atoms with Gasteiger partial charge in [-0.1, -0.05) is 55.3 Å². The standard InChI is InChI=1S/C38H37N7O4S/c1-42-23-28(21-40-42)35-32(26-15-13-25(14-16-26)27-20-41-44(24-27)31-12-6-9-19-49-31)33-34-30(43(2)37(46)38(34)17-7-8-18-38)22-39-36(33)45(35)50(47,48)29-10-4-3-5-11-29/h3-5,10-11,13-16,20-24,31H,6-9,12,17-19H2,1-2H3. The van der Waals surface area contributed by atoms with Crippen LogP contribution in [0, 0.1) is 0 Å². The quantitative estimate of drug-likeness (QED) is 0.192. The number of amides is 1. The van der Waals surface area contributed by atoms with Gasteiger partial charge in [-0.3, -0.25) is 9.48 Å². The molecule has 50 heavy (non-hydrogen) atoms. The highest BCUT2D eigenvalue weighted by Gasteiger charge is 2.53. The lowest BCUT2D eigenvalue weighted by Crippen LogP contribution is -2.36. The lowest BCUT2D eigenvalue weighted by molar-refractivity contribution is -0.122. The number of anilines is 1. The smallest absolute Gasteiger partial charge is 0.269 e. The van der Waals surface area contributed by atoms with Gasteiger partial charge in [0, 0.05) is 60.7 Å². The van der Waals surface area contributed by atoms with E-state index in [1.165, 1.54) is 3.97 Å². The molecule has 6 heterocycles. The molecule has 12 heteroatoms. The van der Waals surface area contributed by atoms with Crippen LogP contribution in [0.4, 0.5) is 5.69 Å². The largest absolute Gasteiger partial charge is 0.357 e. The van der Waals surface area contributed by atoms with Crippen LogP contribution in [0.25, 0.3) is 44.5 Å². The van der Waals surface area contributed by atoms with Crippen molar-refractivity contribution < 1.29 is 17.9 Å². The Morgan fingerprint density at radius 1 is 0.820 bits per heavy atom. The van der Waals surface area contributed by atoms with E-state index in [0.29, 0.717) is 40.7 Å². The number of ether oxygens (including phenoxy) is 1. The maximum atomic E-state index is 14.8. The van der Waals surface area contributed by atoms with Crippen LogP contribution in [0.3, 0.4) is 0 Å². The van der Waals surface area contributed by atoms with Gasteiger partial charge in [-0.25, -0.2) is 22.1 Å². The van der Waals surface area contributed by atoms with Gasteiger partial charge >= 0.3 is 0 Å². The first-order valence-corrected chi connectivity index (χ1v) is 18.6.